The summed E-state index contributed by atoms with van der Waals surface area (Å²) in [5.74, 6) is 2.41. The van der Waals surface area contributed by atoms with Crippen LogP contribution in [-0.2, 0) is 0 Å². The van der Waals surface area contributed by atoms with Gasteiger partial charge in [0.25, 0.3) is 0 Å². The van der Waals surface area contributed by atoms with Crippen molar-refractivity contribution < 1.29 is 0 Å². The molecule has 2 heteroatoms. The first-order valence-electron chi connectivity index (χ1n) is 6.05. The Morgan fingerprint density at radius 3 is 1.86 bits per heavy atom. The van der Waals surface area contributed by atoms with Crippen molar-refractivity contribution in [2.24, 2.45) is 11.8 Å². The van der Waals surface area contributed by atoms with Crippen LogP contribution >= 0.6 is 11.6 Å². The standard InChI is InChI=1S/C12H26ClN/c1-4-11(5-2)9-14-10-12(6-3)7-8-13/h11-12,14H,4-10H2,1-3H3. The molecule has 0 aromatic heterocycles. The van der Waals surface area contributed by atoms with Crippen molar-refractivity contribution in [1.29, 1.82) is 0 Å². The zero-order valence-corrected chi connectivity index (χ0v) is 10.7. The van der Waals surface area contributed by atoms with Crippen LogP contribution in [0.15, 0.2) is 0 Å². The second-order valence-electron chi connectivity index (χ2n) is 4.09. The van der Waals surface area contributed by atoms with Gasteiger partial charge in [0, 0.05) is 5.88 Å². The quantitative estimate of drug-likeness (QED) is 0.584. The van der Waals surface area contributed by atoms with Gasteiger partial charge in [0.05, 0.1) is 0 Å². The summed E-state index contributed by atoms with van der Waals surface area (Å²) in [4.78, 5) is 0. The highest BCUT2D eigenvalue weighted by molar-refractivity contribution is 6.17. The Morgan fingerprint density at radius 2 is 1.43 bits per heavy atom. The van der Waals surface area contributed by atoms with E-state index in [0.29, 0.717) is 0 Å². The van der Waals surface area contributed by atoms with Crippen molar-refractivity contribution in [3.8, 4) is 0 Å². The number of rotatable bonds is 9. The van der Waals surface area contributed by atoms with Crippen LogP contribution in [0.25, 0.3) is 0 Å². The fraction of sp³-hybridized carbons (Fsp3) is 1.00. The molecule has 0 heterocycles. The second kappa shape index (κ2) is 9.79. The largest absolute Gasteiger partial charge is 0.316 e. The van der Waals surface area contributed by atoms with E-state index in [4.69, 9.17) is 11.6 Å². The van der Waals surface area contributed by atoms with Gasteiger partial charge in [-0.2, -0.15) is 0 Å². The molecule has 1 N–H and O–H groups in total. The smallest absolute Gasteiger partial charge is 0.0226 e. The predicted molar refractivity (Wildman–Crippen MR) is 66.1 cm³/mol. The third-order valence-electron chi connectivity index (χ3n) is 3.12. The number of hydrogen-bond acceptors (Lipinski definition) is 1. The molecule has 0 spiro atoms. The molecule has 0 aromatic rings. The first-order valence-corrected chi connectivity index (χ1v) is 6.58. The van der Waals surface area contributed by atoms with Gasteiger partial charge in [0.2, 0.25) is 0 Å². The summed E-state index contributed by atoms with van der Waals surface area (Å²) in [6, 6.07) is 0. The van der Waals surface area contributed by atoms with Crippen molar-refractivity contribution >= 4 is 11.6 Å². The van der Waals surface area contributed by atoms with Gasteiger partial charge in [-0.25, -0.2) is 0 Å². The molecule has 0 rings (SSSR count). The maximum Gasteiger partial charge on any atom is 0.0226 e. The molecule has 0 aromatic carbocycles. The van der Waals surface area contributed by atoms with Crippen LogP contribution in [0, 0.1) is 11.8 Å². The average molecular weight is 220 g/mol. The monoisotopic (exact) mass is 219 g/mol. The molecule has 0 aliphatic carbocycles. The first kappa shape index (κ1) is 14.2. The number of hydrogen-bond donors (Lipinski definition) is 1. The Balaban J connectivity index is 3.48. The molecule has 0 amide bonds. The van der Waals surface area contributed by atoms with Gasteiger partial charge >= 0.3 is 0 Å². The van der Waals surface area contributed by atoms with Gasteiger partial charge < -0.3 is 5.32 Å². The van der Waals surface area contributed by atoms with Gasteiger partial charge in [-0.05, 0) is 31.3 Å². The summed E-state index contributed by atoms with van der Waals surface area (Å²) in [6.45, 7) is 9.10. The first-order chi connectivity index (χ1) is 6.78. The zero-order chi connectivity index (χ0) is 10.8. The van der Waals surface area contributed by atoms with E-state index >= 15 is 0 Å². The molecule has 86 valence electrons. The average Bonchev–Trinajstić information content (AvgIpc) is 2.23. The molecule has 0 bridgehead atoms. The normalized spacial score (nSPS) is 13.5. The number of halogens is 1. The molecule has 1 unspecified atom stereocenters. The van der Waals surface area contributed by atoms with E-state index in [1.807, 2.05) is 0 Å². The topological polar surface area (TPSA) is 12.0 Å². The van der Waals surface area contributed by atoms with Crippen LogP contribution in [0.5, 0.6) is 0 Å². The molecule has 0 aliphatic rings. The van der Waals surface area contributed by atoms with Crippen LogP contribution in [0.4, 0.5) is 0 Å². The van der Waals surface area contributed by atoms with E-state index in [9.17, 15) is 0 Å². The third kappa shape index (κ3) is 6.67. The molecule has 1 atom stereocenters. The molecule has 0 fully saturated rings. The van der Waals surface area contributed by atoms with E-state index in [1.165, 1.54) is 25.8 Å². The molecule has 0 aliphatic heterocycles. The van der Waals surface area contributed by atoms with E-state index in [0.717, 1.165) is 30.7 Å². The van der Waals surface area contributed by atoms with E-state index < -0.39 is 0 Å². The molecule has 0 radical (unpaired) electrons. The third-order valence-corrected chi connectivity index (χ3v) is 3.33. The van der Waals surface area contributed by atoms with Crippen molar-refractivity contribution in [2.45, 2.75) is 46.5 Å². The summed E-state index contributed by atoms with van der Waals surface area (Å²) in [6.07, 6.45) is 4.96. The fourth-order valence-electron chi connectivity index (χ4n) is 1.67. The SMILES string of the molecule is CCC(CC)CNCC(CC)CCCl. The Bertz CT molecular complexity index is 113. The summed E-state index contributed by atoms with van der Waals surface area (Å²) in [5.41, 5.74) is 0. The summed E-state index contributed by atoms with van der Waals surface area (Å²) in [5, 5.41) is 3.56. The van der Waals surface area contributed by atoms with Crippen LogP contribution in [0.2, 0.25) is 0 Å². The highest BCUT2D eigenvalue weighted by Gasteiger charge is 2.07. The second-order valence-corrected chi connectivity index (χ2v) is 4.47. The van der Waals surface area contributed by atoms with E-state index in [2.05, 4.69) is 26.1 Å². The minimum Gasteiger partial charge on any atom is -0.316 e. The van der Waals surface area contributed by atoms with Crippen molar-refractivity contribution in [3.63, 3.8) is 0 Å². The summed E-state index contributed by atoms with van der Waals surface area (Å²) in [7, 11) is 0. The molecule has 0 saturated carbocycles. The van der Waals surface area contributed by atoms with E-state index in [1.54, 1.807) is 0 Å². The number of alkyl halides is 1. The molecule has 1 nitrogen and oxygen atoms in total. The van der Waals surface area contributed by atoms with Gasteiger partial charge in [-0.1, -0.05) is 40.0 Å². The van der Waals surface area contributed by atoms with Crippen LogP contribution in [-0.4, -0.2) is 19.0 Å². The number of nitrogens with one attached hydrogen (secondary N) is 1. The molecule has 0 saturated heterocycles. The van der Waals surface area contributed by atoms with Gasteiger partial charge in [0.15, 0.2) is 0 Å². The summed E-state index contributed by atoms with van der Waals surface area (Å²) < 4.78 is 0. The Kier molecular flexibility index (Phi) is 9.97. The van der Waals surface area contributed by atoms with Crippen LogP contribution < -0.4 is 5.32 Å². The zero-order valence-electron chi connectivity index (χ0n) is 9.98. The van der Waals surface area contributed by atoms with Crippen molar-refractivity contribution in [1.82, 2.24) is 5.32 Å². The van der Waals surface area contributed by atoms with Gasteiger partial charge in [-0.15, -0.1) is 11.6 Å². The highest BCUT2D eigenvalue weighted by Crippen LogP contribution is 2.09. The fourth-order valence-corrected chi connectivity index (χ4v) is 1.98. The summed E-state index contributed by atoms with van der Waals surface area (Å²) >= 11 is 5.74. The molecular weight excluding hydrogens is 194 g/mol. The maximum absolute atomic E-state index is 5.74. The minimum absolute atomic E-state index is 0.766. The van der Waals surface area contributed by atoms with Crippen molar-refractivity contribution in [2.75, 3.05) is 19.0 Å². The van der Waals surface area contributed by atoms with Crippen LogP contribution in [0.1, 0.15) is 46.5 Å². The predicted octanol–water partition coefficient (Wildman–Crippen LogP) is 3.67. The molecular formula is C12H26ClN. The Morgan fingerprint density at radius 1 is 0.929 bits per heavy atom. The molecule has 14 heavy (non-hydrogen) atoms. The Labute approximate surface area is 94.6 Å². The van der Waals surface area contributed by atoms with Crippen LogP contribution in [0.3, 0.4) is 0 Å². The lowest BCUT2D eigenvalue weighted by molar-refractivity contribution is 0.398. The maximum atomic E-state index is 5.74. The lowest BCUT2D eigenvalue weighted by Gasteiger charge is -2.17. The minimum atomic E-state index is 0.766. The van der Waals surface area contributed by atoms with Crippen molar-refractivity contribution in [3.05, 3.63) is 0 Å². The Hall–Kier alpha value is 0.250. The van der Waals surface area contributed by atoms with E-state index in [-0.39, 0.29) is 0 Å². The highest BCUT2D eigenvalue weighted by atomic mass is 35.5. The van der Waals surface area contributed by atoms with Gasteiger partial charge in [0.1, 0.15) is 0 Å². The van der Waals surface area contributed by atoms with Gasteiger partial charge in [-0.3, -0.25) is 0 Å². The lowest BCUT2D eigenvalue weighted by Crippen LogP contribution is -2.27. The lowest BCUT2D eigenvalue weighted by atomic mass is 10.0.